The van der Waals surface area contributed by atoms with Crippen LogP contribution >= 0.6 is 19.8 Å². The summed E-state index contributed by atoms with van der Waals surface area (Å²) in [5.41, 5.74) is 3.84. The van der Waals surface area contributed by atoms with E-state index < -0.39 is 19.8 Å². The molecule has 2 heterocycles. The summed E-state index contributed by atoms with van der Waals surface area (Å²) in [5.74, 6) is 2.52. The summed E-state index contributed by atoms with van der Waals surface area (Å²) < 4.78 is 2.43. The molecular formula is C44H61IN2O4. The third kappa shape index (κ3) is 6.28. The van der Waals surface area contributed by atoms with Gasteiger partial charge in [-0.05, 0) is 17.7 Å². The molecule has 0 radical (unpaired) electrons. The van der Waals surface area contributed by atoms with Gasteiger partial charge in [0, 0.05) is 6.54 Å². The van der Waals surface area contributed by atoms with Crippen molar-refractivity contribution in [2.24, 2.45) is 39.9 Å². The summed E-state index contributed by atoms with van der Waals surface area (Å²) in [4.78, 5) is 27.5. The molecular weight excluding hydrogens is 747 g/mol. The van der Waals surface area contributed by atoms with Crippen LogP contribution in [0.4, 0.5) is 0 Å². The van der Waals surface area contributed by atoms with Crippen LogP contribution in [0.15, 0.2) is 60.7 Å². The van der Waals surface area contributed by atoms with Crippen LogP contribution < -0.4 is 10.6 Å². The Kier molecular flexibility index (Phi) is 9.99. The number of hydrogen-bond acceptors (Lipinski definition) is 4. The van der Waals surface area contributed by atoms with E-state index >= 15 is 0 Å². The SMILES string of the molecule is C=C(C)C1CCC2(C(=O)NCCc3cccc(C(=O)NCc4ccc(O)cc4)c3)CCI3C(CCC4C5(C)CCC(O)C(C)(C)C5CCC43C)C12. The molecule has 7 rings (SSSR count). The van der Waals surface area contributed by atoms with E-state index in [1.807, 2.05) is 24.3 Å². The van der Waals surface area contributed by atoms with Gasteiger partial charge in [-0.3, -0.25) is 0 Å². The van der Waals surface area contributed by atoms with Crippen LogP contribution in [0.1, 0.15) is 114 Å². The zero-order valence-electron chi connectivity index (χ0n) is 31.6. The third-order valence-electron chi connectivity index (χ3n) is 15.0. The second-order valence-electron chi connectivity index (χ2n) is 18.0. The Bertz CT molecular complexity index is 1660. The molecule has 5 aliphatic rings. The molecule has 4 N–H and O–H groups in total. The molecule has 9 unspecified atom stereocenters. The van der Waals surface area contributed by atoms with Gasteiger partial charge in [0.2, 0.25) is 0 Å². The number of carbonyl (C=O) groups is 2. The normalized spacial score (nSPS) is 37.3. The van der Waals surface area contributed by atoms with Gasteiger partial charge in [-0.1, -0.05) is 12.1 Å². The molecule has 278 valence electrons. The summed E-state index contributed by atoms with van der Waals surface area (Å²) >= 11 is -1.49. The number of phenols is 1. The number of aromatic hydroxyl groups is 1. The summed E-state index contributed by atoms with van der Waals surface area (Å²) in [7, 11) is 0. The number of benzene rings is 2. The van der Waals surface area contributed by atoms with Gasteiger partial charge in [0.25, 0.3) is 0 Å². The van der Waals surface area contributed by atoms with Crippen LogP contribution in [-0.4, -0.2) is 46.5 Å². The van der Waals surface area contributed by atoms with Crippen molar-refractivity contribution in [3.8, 4) is 5.75 Å². The Hall–Kier alpha value is -2.39. The monoisotopic (exact) mass is 808 g/mol. The van der Waals surface area contributed by atoms with Gasteiger partial charge in [0.05, 0.1) is 0 Å². The number of allylic oxidation sites excluding steroid dienone is 1. The van der Waals surface area contributed by atoms with Crippen molar-refractivity contribution in [1.29, 1.82) is 0 Å². The van der Waals surface area contributed by atoms with Crippen molar-refractivity contribution in [2.45, 2.75) is 119 Å². The van der Waals surface area contributed by atoms with Gasteiger partial charge in [0.15, 0.2) is 0 Å². The first-order valence-electron chi connectivity index (χ1n) is 19.6. The first-order valence-corrected chi connectivity index (χ1v) is 23.5. The van der Waals surface area contributed by atoms with Crippen LogP contribution in [0.25, 0.3) is 0 Å². The number of hydrogen-bond donors (Lipinski definition) is 4. The average Bonchev–Trinajstić information content (AvgIpc) is 3.52. The second kappa shape index (κ2) is 13.8. The number of aliphatic hydroxyl groups is 1. The van der Waals surface area contributed by atoms with Gasteiger partial charge >= 0.3 is 268 Å². The molecule has 0 bridgehead atoms. The molecule has 7 heteroatoms. The molecule has 0 spiro atoms. The Labute approximate surface area is 313 Å². The fourth-order valence-corrected chi connectivity index (χ4v) is 24.0. The molecule has 2 aromatic carbocycles. The first-order chi connectivity index (χ1) is 24.2. The van der Waals surface area contributed by atoms with Crippen molar-refractivity contribution in [2.75, 3.05) is 11.0 Å². The summed E-state index contributed by atoms with van der Waals surface area (Å²) in [6.07, 6.45) is 10.8. The van der Waals surface area contributed by atoms with Crippen molar-refractivity contribution in [1.82, 2.24) is 10.6 Å². The summed E-state index contributed by atoms with van der Waals surface area (Å²) in [6.45, 7) is 17.7. The molecule has 2 amide bonds. The Morgan fingerprint density at radius 1 is 0.882 bits per heavy atom. The number of fused-ring (bicyclic) bond motifs is 7. The van der Waals surface area contributed by atoms with E-state index in [2.05, 4.69) is 51.8 Å². The predicted octanol–water partition coefficient (Wildman–Crippen LogP) is 8.61. The standard InChI is InChI=1S/C44H61IN2O4/c1-28(2)33-16-22-44(40(51)46-25-19-29-8-7-9-31(26-29)39(50)47-27-30-10-12-32(48)13-11-30)23-24-45-34(38(33)44)14-15-36-42(5)20-18-37(49)41(3,4)35(42)17-21-43(36,45)6/h7-13,26,33-38,48-49H,1,14-25,27H2,2-6H3,(H,46,51)(H,47,50). The molecule has 3 aliphatic carbocycles. The Morgan fingerprint density at radius 2 is 1.65 bits per heavy atom. The van der Waals surface area contributed by atoms with Gasteiger partial charge < -0.3 is 5.11 Å². The molecule has 2 saturated heterocycles. The van der Waals surface area contributed by atoms with Crippen LogP contribution in [-0.2, 0) is 17.8 Å². The van der Waals surface area contributed by atoms with Gasteiger partial charge in [0.1, 0.15) is 5.75 Å². The third-order valence-corrected chi connectivity index (χ3v) is 24.5. The molecule has 0 aromatic heterocycles. The maximum absolute atomic E-state index is 14.5. The fourth-order valence-electron chi connectivity index (χ4n) is 12.4. The van der Waals surface area contributed by atoms with E-state index in [1.165, 1.54) is 35.7 Å². The molecule has 51 heavy (non-hydrogen) atoms. The topological polar surface area (TPSA) is 98.7 Å². The van der Waals surface area contributed by atoms with E-state index in [4.69, 9.17) is 0 Å². The van der Waals surface area contributed by atoms with E-state index in [9.17, 15) is 19.8 Å². The number of halogens is 1. The fraction of sp³-hybridized carbons (Fsp3) is 0.636. The quantitative estimate of drug-likeness (QED) is 0.122. The second-order valence-corrected chi connectivity index (χ2v) is 25.4. The Morgan fingerprint density at radius 3 is 2.39 bits per heavy atom. The van der Waals surface area contributed by atoms with Crippen molar-refractivity contribution < 1.29 is 19.8 Å². The number of carbonyl (C=O) groups excluding carboxylic acids is 2. The molecule has 5 fully saturated rings. The summed E-state index contributed by atoms with van der Waals surface area (Å²) in [5, 5.41) is 27.0. The van der Waals surface area contributed by atoms with Gasteiger partial charge in [-0.25, -0.2) is 0 Å². The minimum atomic E-state index is -1.49. The minimum absolute atomic E-state index is 0.0204. The van der Waals surface area contributed by atoms with Crippen LogP contribution in [0.5, 0.6) is 5.75 Å². The molecule has 9 atom stereocenters. The number of alkyl halides is 3. The molecule has 2 aliphatic heterocycles. The molecule has 2 aromatic rings. The van der Waals surface area contributed by atoms with Crippen LogP contribution in [0, 0.1) is 39.9 Å². The van der Waals surface area contributed by atoms with Crippen LogP contribution in [0.3, 0.4) is 0 Å². The number of rotatable bonds is 8. The predicted molar refractivity (Wildman–Crippen MR) is 214 cm³/mol. The Balaban J connectivity index is 1.03. The zero-order chi connectivity index (χ0) is 36.3. The van der Waals surface area contributed by atoms with E-state index in [0.29, 0.717) is 55.6 Å². The molecule has 3 saturated carbocycles. The number of phenolic OH excluding ortho intramolecular Hbond substituents is 1. The number of nitrogens with one attached hydrogen (secondary N) is 2. The van der Waals surface area contributed by atoms with Crippen molar-refractivity contribution in [3.63, 3.8) is 0 Å². The van der Waals surface area contributed by atoms with Crippen molar-refractivity contribution in [3.05, 3.63) is 77.4 Å². The molecule has 6 nitrogen and oxygen atoms in total. The van der Waals surface area contributed by atoms with E-state index in [1.54, 1.807) is 24.3 Å². The zero-order valence-corrected chi connectivity index (χ0v) is 33.7. The number of aliphatic hydroxyl groups excluding tert-OH is 1. The first kappa shape index (κ1) is 36.9. The average molecular weight is 809 g/mol. The van der Waals surface area contributed by atoms with Crippen molar-refractivity contribution >= 4 is 31.6 Å². The van der Waals surface area contributed by atoms with Gasteiger partial charge in [-0.15, -0.1) is 0 Å². The maximum atomic E-state index is 14.5. The summed E-state index contributed by atoms with van der Waals surface area (Å²) in [6, 6.07) is 14.6. The van der Waals surface area contributed by atoms with Crippen LogP contribution in [0.2, 0.25) is 0 Å². The number of amides is 2. The van der Waals surface area contributed by atoms with E-state index in [0.717, 1.165) is 49.1 Å². The van der Waals surface area contributed by atoms with Gasteiger partial charge in [-0.2, -0.15) is 0 Å². The van der Waals surface area contributed by atoms with E-state index in [-0.39, 0.29) is 34.5 Å².